The van der Waals surface area contributed by atoms with Crippen molar-refractivity contribution in [3.63, 3.8) is 0 Å². The molecule has 2 aromatic heterocycles. The number of aromatic nitrogens is 2. The molecule has 0 radical (unpaired) electrons. The van der Waals surface area contributed by atoms with E-state index in [9.17, 15) is 13.6 Å². The van der Waals surface area contributed by atoms with Crippen molar-refractivity contribution >= 4 is 28.6 Å². The summed E-state index contributed by atoms with van der Waals surface area (Å²) in [6.45, 7) is 0.364. The van der Waals surface area contributed by atoms with Crippen molar-refractivity contribution in [2.45, 2.75) is 11.4 Å². The lowest BCUT2D eigenvalue weighted by Gasteiger charge is -2.09. The van der Waals surface area contributed by atoms with Crippen molar-refractivity contribution in [2.75, 3.05) is 6.26 Å². The first-order valence-electron chi connectivity index (χ1n) is 9.16. The number of fused-ring (bicyclic) bond motifs is 1. The molecule has 0 bridgehead atoms. The second-order valence-corrected chi connectivity index (χ2v) is 7.49. The Labute approximate surface area is 176 Å². The van der Waals surface area contributed by atoms with E-state index in [0.29, 0.717) is 23.0 Å². The molecule has 2 heterocycles. The number of nitrogens with one attached hydrogen (secondary N) is 1. The van der Waals surface area contributed by atoms with Crippen LogP contribution in [0.1, 0.15) is 16.1 Å². The van der Waals surface area contributed by atoms with Crippen LogP contribution in [0.15, 0.2) is 71.9 Å². The van der Waals surface area contributed by atoms with Crippen molar-refractivity contribution in [1.82, 2.24) is 15.3 Å². The monoisotopic (exact) mass is 421 g/mol. The highest BCUT2D eigenvalue weighted by molar-refractivity contribution is 7.98. The zero-order valence-corrected chi connectivity index (χ0v) is 16.8. The Morgan fingerprint density at radius 2 is 1.80 bits per heavy atom. The summed E-state index contributed by atoms with van der Waals surface area (Å²) < 4.78 is 27.6. The van der Waals surface area contributed by atoms with Crippen molar-refractivity contribution in [3.8, 4) is 11.1 Å². The van der Waals surface area contributed by atoms with E-state index in [1.807, 2.05) is 30.5 Å². The van der Waals surface area contributed by atoms with Crippen LogP contribution in [0.25, 0.3) is 22.0 Å². The van der Waals surface area contributed by atoms with Crippen LogP contribution in [0, 0.1) is 11.6 Å². The number of rotatable bonds is 5. The van der Waals surface area contributed by atoms with Gasteiger partial charge in [-0.15, -0.1) is 11.8 Å². The molecule has 0 unspecified atom stereocenters. The number of amides is 1. The average Bonchev–Trinajstić information content (AvgIpc) is 2.77. The summed E-state index contributed by atoms with van der Waals surface area (Å²) in [7, 11) is 0. The summed E-state index contributed by atoms with van der Waals surface area (Å²) in [6, 6.07) is 14.6. The highest BCUT2D eigenvalue weighted by atomic mass is 32.2. The third kappa shape index (κ3) is 4.16. The number of hydrogen-bond donors (Lipinski definition) is 1. The number of carbonyl (C=O) groups excluding carboxylic acids is 1. The van der Waals surface area contributed by atoms with Gasteiger partial charge in [0, 0.05) is 46.4 Å². The summed E-state index contributed by atoms with van der Waals surface area (Å²) in [5, 5.41) is 3.50. The Morgan fingerprint density at radius 3 is 2.53 bits per heavy atom. The molecule has 150 valence electrons. The Bertz CT molecular complexity index is 1230. The van der Waals surface area contributed by atoms with Gasteiger partial charge in [0.25, 0.3) is 5.91 Å². The summed E-state index contributed by atoms with van der Waals surface area (Å²) in [5.41, 5.74) is 2.17. The largest absolute Gasteiger partial charge is 0.347 e. The molecule has 1 amide bonds. The minimum Gasteiger partial charge on any atom is -0.347 e. The van der Waals surface area contributed by atoms with Crippen LogP contribution in [0.4, 0.5) is 8.78 Å². The first-order chi connectivity index (χ1) is 14.5. The van der Waals surface area contributed by atoms with Crippen LogP contribution in [0.2, 0.25) is 0 Å². The van der Waals surface area contributed by atoms with Gasteiger partial charge < -0.3 is 5.32 Å². The van der Waals surface area contributed by atoms with Crippen LogP contribution in [-0.2, 0) is 6.54 Å². The molecule has 0 saturated carbocycles. The number of thioether (sulfide) groups is 1. The zero-order valence-electron chi connectivity index (χ0n) is 16.0. The van der Waals surface area contributed by atoms with Gasteiger partial charge in [0.2, 0.25) is 0 Å². The maximum absolute atomic E-state index is 14.3. The lowest BCUT2D eigenvalue weighted by atomic mass is 10.0. The molecule has 7 heteroatoms. The van der Waals surface area contributed by atoms with Crippen LogP contribution in [0.3, 0.4) is 0 Å². The first kappa shape index (κ1) is 20.0. The smallest absolute Gasteiger partial charge is 0.270 e. The standard InChI is InChI=1S/C23H17F2N3OS/c1-30-17-6-2-14(3-7-17)11-27-23(29)21-9-4-15-12-26-13-19(22(15)28-21)18-8-5-16(24)10-20(18)25/h2-10,12-13H,11H2,1H3,(H,27,29). The molecule has 4 nitrogen and oxygen atoms in total. The van der Waals surface area contributed by atoms with E-state index < -0.39 is 11.6 Å². The SMILES string of the molecule is CSc1ccc(CNC(=O)c2ccc3cncc(-c4ccc(F)cc4F)c3n2)cc1. The molecule has 0 aliphatic carbocycles. The summed E-state index contributed by atoms with van der Waals surface area (Å²) in [6.07, 6.45) is 5.05. The summed E-state index contributed by atoms with van der Waals surface area (Å²) >= 11 is 1.65. The predicted octanol–water partition coefficient (Wildman–Crippen LogP) is 5.23. The van der Waals surface area contributed by atoms with Gasteiger partial charge in [-0.1, -0.05) is 12.1 Å². The van der Waals surface area contributed by atoms with E-state index in [1.54, 1.807) is 30.1 Å². The molecular formula is C23H17F2N3OS. The van der Waals surface area contributed by atoms with E-state index in [4.69, 9.17) is 0 Å². The predicted molar refractivity (Wildman–Crippen MR) is 114 cm³/mol. The molecular weight excluding hydrogens is 404 g/mol. The van der Waals surface area contributed by atoms with E-state index in [0.717, 1.165) is 16.5 Å². The number of pyridine rings is 2. The van der Waals surface area contributed by atoms with Gasteiger partial charge in [-0.25, -0.2) is 13.8 Å². The molecule has 0 saturated heterocycles. The fourth-order valence-electron chi connectivity index (χ4n) is 3.09. The van der Waals surface area contributed by atoms with Crippen molar-refractivity contribution in [1.29, 1.82) is 0 Å². The zero-order chi connectivity index (χ0) is 21.1. The quantitative estimate of drug-likeness (QED) is 0.449. The first-order valence-corrected chi connectivity index (χ1v) is 10.4. The topological polar surface area (TPSA) is 54.9 Å². The summed E-state index contributed by atoms with van der Waals surface area (Å²) in [5.74, 6) is -1.72. The normalized spacial score (nSPS) is 10.9. The van der Waals surface area contributed by atoms with Crippen LogP contribution in [-0.4, -0.2) is 22.1 Å². The van der Waals surface area contributed by atoms with Crippen molar-refractivity contribution in [2.24, 2.45) is 0 Å². The minimum absolute atomic E-state index is 0.174. The fraction of sp³-hybridized carbons (Fsp3) is 0.0870. The Kier molecular flexibility index (Phi) is 5.72. The highest BCUT2D eigenvalue weighted by Crippen LogP contribution is 2.29. The molecule has 0 fully saturated rings. The van der Waals surface area contributed by atoms with Crippen LogP contribution >= 0.6 is 11.8 Å². The van der Waals surface area contributed by atoms with Crippen LogP contribution in [0.5, 0.6) is 0 Å². The third-order valence-electron chi connectivity index (χ3n) is 4.66. The molecule has 1 N–H and O–H groups in total. The van der Waals surface area contributed by atoms with Gasteiger partial charge >= 0.3 is 0 Å². The number of hydrogen-bond acceptors (Lipinski definition) is 4. The van der Waals surface area contributed by atoms with Crippen LogP contribution < -0.4 is 5.32 Å². The lowest BCUT2D eigenvalue weighted by Crippen LogP contribution is -2.23. The minimum atomic E-state index is -0.713. The molecule has 0 atom stereocenters. The van der Waals surface area contributed by atoms with Crippen molar-refractivity contribution < 1.29 is 13.6 Å². The Hall–Kier alpha value is -3.32. The number of benzene rings is 2. The fourth-order valence-corrected chi connectivity index (χ4v) is 3.50. The highest BCUT2D eigenvalue weighted by Gasteiger charge is 2.14. The van der Waals surface area contributed by atoms with Gasteiger partial charge in [0.1, 0.15) is 17.3 Å². The maximum Gasteiger partial charge on any atom is 0.270 e. The second kappa shape index (κ2) is 8.59. The van der Waals surface area contributed by atoms with E-state index >= 15 is 0 Å². The Balaban J connectivity index is 1.62. The second-order valence-electron chi connectivity index (χ2n) is 6.61. The van der Waals surface area contributed by atoms with Gasteiger partial charge in [-0.3, -0.25) is 9.78 Å². The maximum atomic E-state index is 14.3. The molecule has 0 aliphatic heterocycles. The average molecular weight is 421 g/mol. The van der Waals surface area contributed by atoms with Gasteiger partial charge in [0.15, 0.2) is 0 Å². The molecule has 4 rings (SSSR count). The number of carbonyl (C=O) groups is 1. The van der Waals surface area contributed by atoms with Gasteiger partial charge in [0.05, 0.1) is 5.52 Å². The van der Waals surface area contributed by atoms with E-state index in [-0.39, 0.29) is 17.2 Å². The molecule has 0 spiro atoms. The molecule has 0 aliphatic rings. The van der Waals surface area contributed by atoms with Crippen molar-refractivity contribution in [3.05, 3.63) is 89.9 Å². The molecule has 4 aromatic rings. The number of halogens is 2. The van der Waals surface area contributed by atoms with E-state index in [2.05, 4.69) is 15.3 Å². The third-order valence-corrected chi connectivity index (χ3v) is 5.41. The molecule has 2 aromatic carbocycles. The number of nitrogens with zero attached hydrogens (tertiary/aromatic N) is 2. The van der Waals surface area contributed by atoms with Gasteiger partial charge in [-0.05, 0) is 48.2 Å². The van der Waals surface area contributed by atoms with E-state index in [1.165, 1.54) is 18.3 Å². The Morgan fingerprint density at radius 1 is 1.00 bits per heavy atom. The van der Waals surface area contributed by atoms with Gasteiger partial charge in [-0.2, -0.15) is 0 Å². The summed E-state index contributed by atoms with van der Waals surface area (Å²) in [4.78, 5) is 22.3. The lowest BCUT2D eigenvalue weighted by molar-refractivity contribution is 0.0946. The molecule has 30 heavy (non-hydrogen) atoms.